The number of anilines is 1. The van der Waals surface area contributed by atoms with Crippen molar-refractivity contribution in [1.29, 1.82) is 0 Å². The normalized spacial score (nSPS) is 10.8. The highest BCUT2D eigenvalue weighted by Gasteiger charge is 2.14. The van der Waals surface area contributed by atoms with Gasteiger partial charge in [0.1, 0.15) is 5.82 Å². The molecule has 4 rings (SSSR count). The number of nitrogens with zero attached hydrogens (tertiary/aromatic N) is 2. The maximum atomic E-state index is 14.2. The van der Waals surface area contributed by atoms with E-state index < -0.39 is 5.82 Å². The summed E-state index contributed by atoms with van der Waals surface area (Å²) in [5, 5.41) is 11.7. The molecular formula is C19H12FN3O2. The zero-order chi connectivity index (χ0) is 17.2. The van der Waals surface area contributed by atoms with Crippen molar-refractivity contribution in [2.24, 2.45) is 0 Å². The molecule has 25 heavy (non-hydrogen) atoms. The summed E-state index contributed by atoms with van der Waals surface area (Å²) in [6.07, 6.45) is 1.13. The van der Waals surface area contributed by atoms with Gasteiger partial charge in [-0.3, -0.25) is 4.79 Å². The molecule has 5 nitrogen and oxygen atoms in total. The van der Waals surface area contributed by atoms with E-state index in [4.69, 9.17) is 4.42 Å². The van der Waals surface area contributed by atoms with E-state index in [-0.39, 0.29) is 17.4 Å². The Kier molecular flexibility index (Phi) is 3.70. The van der Waals surface area contributed by atoms with Crippen molar-refractivity contribution < 1.29 is 13.6 Å². The standard InChI is InChI=1S/C19H12FN3O2/c20-17-10-13(8-9-16(17)19-23-21-11-25-19)22-18(24)15-7-3-5-12-4-1-2-6-14(12)15/h1-11H,(H,22,24). The number of fused-ring (bicyclic) bond motifs is 1. The fourth-order valence-corrected chi connectivity index (χ4v) is 2.68. The third-order valence-electron chi connectivity index (χ3n) is 3.85. The van der Waals surface area contributed by atoms with Gasteiger partial charge in [0.25, 0.3) is 5.91 Å². The van der Waals surface area contributed by atoms with E-state index in [0.717, 1.165) is 17.2 Å². The second-order valence-corrected chi connectivity index (χ2v) is 5.42. The lowest BCUT2D eigenvalue weighted by Gasteiger charge is -2.09. The van der Waals surface area contributed by atoms with Crippen LogP contribution in [0, 0.1) is 5.82 Å². The van der Waals surface area contributed by atoms with Crippen molar-refractivity contribution in [3.63, 3.8) is 0 Å². The summed E-state index contributed by atoms with van der Waals surface area (Å²) in [6.45, 7) is 0. The van der Waals surface area contributed by atoms with Crippen LogP contribution >= 0.6 is 0 Å². The van der Waals surface area contributed by atoms with E-state index >= 15 is 0 Å². The number of halogens is 1. The lowest BCUT2D eigenvalue weighted by Crippen LogP contribution is -2.12. The first-order valence-corrected chi connectivity index (χ1v) is 7.57. The molecule has 0 unspecified atom stereocenters. The van der Waals surface area contributed by atoms with E-state index in [2.05, 4.69) is 15.5 Å². The molecule has 0 spiro atoms. The van der Waals surface area contributed by atoms with Crippen molar-refractivity contribution in [1.82, 2.24) is 10.2 Å². The molecule has 3 aromatic carbocycles. The van der Waals surface area contributed by atoms with Crippen LogP contribution < -0.4 is 5.32 Å². The third-order valence-corrected chi connectivity index (χ3v) is 3.85. The zero-order valence-corrected chi connectivity index (χ0v) is 12.9. The topological polar surface area (TPSA) is 68.0 Å². The molecule has 6 heteroatoms. The molecule has 1 aromatic heterocycles. The fourth-order valence-electron chi connectivity index (χ4n) is 2.68. The van der Waals surface area contributed by atoms with Crippen molar-refractivity contribution >= 4 is 22.4 Å². The second kappa shape index (κ2) is 6.16. The number of benzene rings is 3. The molecule has 0 radical (unpaired) electrons. The van der Waals surface area contributed by atoms with E-state index in [9.17, 15) is 9.18 Å². The molecule has 0 aliphatic heterocycles. The lowest BCUT2D eigenvalue weighted by atomic mass is 10.0. The van der Waals surface area contributed by atoms with E-state index in [1.165, 1.54) is 12.1 Å². The first-order valence-electron chi connectivity index (χ1n) is 7.57. The molecule has 122 valence electrons. The minimum absolute atomic E-state index is 0.0874. The summed E-state index contributed by atoms with van der Waals surface area (Å²) in [6, 6.07) is 17.4. The summed E-state index contributed by atoms with van der Waals surface area (Å²) in [7, 11) is 0. The molecular weight excluding hydrogens is 321 g/mol. The van der Waals surface area contributed by atoms with Crippen LogP contribution in [0.15, 0.2) is 71.5 Å². The SMILES string of the molecule is O=C(Nc1ccc(-c2nnco2)c(F)c1)c1cccc2ccccc12. The Morgan fingerprint density at radius 2 is 1.88 bits per heavy atom. The van der Waals surface area contributed by atoms with Gasteiger partial charge in [0.15, 0.2) is 0 Å². The van der Waals surface area contributed by atoms with Crippen molar-refractivity contribution in [3.8, 4) is 11.5 Å². The number of carbonyl (C=O) groups excluding carboxylic acids is 1. The van der Waals surface area contributed by atoms with Gasteiger partial charge in [-0.05, 0) is 35.0 Å². The Balaban J connectivity index is 1.64. The number of nitrogens with one attached hydrogen (secondary N) is 1. The molecule has 0 aliphatic rings. The quantitative estimate of drug-likeness (QED) is 0.607. The Bertz CT molecular complexity index is 1060. The molecule has 0 fully saturated rings. The Morgan fingerprint density at radius 3 is 2.68 bits per heavy atom. The summed E-state index contributed by atoms with van der Waals surface area (Å²) in [4.78, 5) is 12.6. The van der Waals surface area contributed by atoms with Gasteiger partial charge >= 0.3 is 0 Å². The monoisotopic (exact) mass is 333 g/mol. The molecule has 1 amide bonds. The minimum atomic E-state index is -0.556. The highest BCUT2D eigenvalue weighted by Crippen LogP contribution is 2.24. The van der Waals surface area contributed by atoms with Crippen LogP contribution in [0.2, 0.25) is 0 Å². The highest BCUT2D eigenvalue weighted by molar-refractivity contribution is 6.12. The molecule has 0 atom stereocenters. The Hall–Kier alpha value is -3.54. The van der Waals surface area contributed by atoms with Gasteiger partial charge in [-0.2, -0.15) is 0 Å². The van der Waals surface area contributed by atoms with Gasteiger partial charge in [0, 0.05) is 11.3 Å². The number of hydrogen-bond donors (Lipinski definition) is 1. The summed E-state index contributed by atoms with van der Waals surface area (Å²) < 4.78 is 19.2. The minimum Gasteiger partial charge on any atom is -0.423 e. The molecule has 1 N–H and O–H groups in total. The third kappa shape index (κ3) is 2.85. The van der Waals surface area contributed by atoms with Crippen LogP contribution in [0.4, 0.5) is 10.1 Å². The molecule has 4 aromatic rings. The van der Waals surface area contributed by atoms with Crippen molar-refractivity contribution in [3.05, 3.63) is 78.4 Å². The summed E-state index contributed by atoms with van der Waals surface area (Å²) in [5.74, 6) is -0.772. The number of amides is 1. The largest absolute Gasteiger partial charge is 0.423 e. The average molecular weight is 333 g/mol. The summed E-state index contributed by atoms with van der Waals surface area (Å²) >= 11 is 0. The summed E-state index contributed by atoms with van der Waals surface area (Å²) in [5.41, 5.74) is 1.05. The maximum absolute atomic E-state index is 14.2. The Morgan fingerprint density at radius 1 is 1.04 bits per heavy atom. The van der Waals surface area contributed by atoms with Crippen LogP contribution in [0.5, 0.6) is 0 Å². The average Bonchev–Trinajstić information content (AvgIpc) is 3.15. The predicted molar refractivity (Wildman–Crippen MR) is 91.6 cm³/mol. The number of hydrogen-bond acceptors (Lipinski definition) is 4. The Labute approximate surface area is 142 Å². The second-order valence-electron chi connectivity index (χ2n) is 5.42. The zero-order valence-electron chi connectivity index (χ0n) is 12.9. The molecule has 0 bridgehead atoms. The van der Waals surface area contributed by atoms with Gasteiger partial charge in [-0.15, -0.1) is 10.2 Å². The van der Waals surface area contributed by atoms with E-state index in [1.807, 2.05) is 36.4 Å². The lowest BCUT2D eigenvalue weighted by molar-refractivity contribution is 0.102. The smallest absolute Gasteiger partial charge is 0.256 e. The molecule has 0 saturated carbocycles. The first-order chi connectivity index (χ1) is 12.2. The van der Waals surface area contributed by atoms with Gasteiger partial charge < -0.3 is 9.73 Å². The van der Waals surface area contributed by atoms with Crippen LogP contribution in [0.3, 0.4) is 0 Å². The van der Waals surface area contributed by atoms with E-state index in [1.54, 1.807) is 12.1 Å². The van der Waals surface area contributed by atoms with Crippen molar-refractivity contribution in [2.45, 2.75) is 0 Å². The maximum Gasteiger partial charge on any atom is 0.256 e. The number of aromatic nitrogens is 2. The predicted octanol–water partition coefficient (Wildman–Crippen LogP) is 4.28. The van der Waals surface area contributed by atoms with E-state index in [0.29, 0.717) is 11.3 Å². The van der Waals surface area contributed by atoms with Crippen LogP contribution in [0.25, 0.3) is 22.2 Å². The van der Waals surface area contributed by atoms with Crippen molar-refractivity contribution in [2.75, 3.05) is 5.32 Å². The van der Waals surface area contributed by atoms with Crippen LogP contribution in [-0.4, -0.2) is 16.1 Å². The van der Waals surface area contributed by atoms with Crippen LogP contribution in [-0.2, 0) is 0 Å². The fraction of sp³-hybridized carbons (Fsp3) is 0. The molecule has 1 heterocycles. The van der Waals surface area contributed by atoms with Gasteiger partial charge in [-0.25, -0.2) is 4.39 Å². The van der Waals surface area contributed by atoms with Crippen LogP contribution in [0.1, 0.15) is 10.4 Å². The highest BCUT2D eigenvalue weighted by atomic mass is 19.1. The molecule has 0 aliphatic carbocycles. The number of rotatable bonds is 3. The van der Waals surface area contributed by atoms with Gasteiger partial charge in [-0.1, -0.05) is 36.4 Å². The first kappa shape index (κ1) is 15.0. The number of carbonyl (C=O) groups is 1. The molecule has 0 saturated heterocycles. The van der Waals surface area contributed by atoms with Gasteiger partial charge in [0.05, 0.1) is 5.56 Å². The van der Waals surface area contributed by atoms with Gasteiger partial charge in [0.2, 0.25) is 12.3 Å².